The van der Waals surface area contributed by atoms with E-state index in [9.17, 15) is 14.0 Å². The molecule has 1 aromatic carbocycles. The van der Waals surface area contributed by atoms with Gasteiger partial charge in [0.1, 0.15) is 0 Å². The molecule has 0 unspecified atom stereocenters. The summed E-state index contributed by atoms with van der Waals surface area (Å²) in [4.78, 5) is 22.6. The lowest BCUT2D eigenvalue weighted by Crippen LogP contribution is -2.45. The zero-order valence-corrected chi connectivity index (χ0v) is 10.2. The Bertz CT molecular complexity index is 437. The molecule has 2 N–H and O–H groups in total. The molecule has 0 aliphatic rings. The van der Waals surface area contributed by atoms with Gasteiger partial charge < -0.3 is 10.1 Å². The second-order valence-electron chi connectivity index (χ2n) is 3.54. The van der Waals surface area contributed by atoms with Gasteiger partial charge in [0.25, 0.3) is 5.91 Å². The van der Waals surface area contributed by atoms with Crippen LogP contribution in [-0.2, 0) is 4.79 Å². The van der Waals surface area contributed by atoms with Gasteiger partial charge in [-0.05, 0) is 26.0 Å². The van der Waals surface area contributed by atoms with Crippen molar-refractivity contribution in [2.75, 3.05) is 6.54 Å². The summed E-state index contributed by atoms with van der Waals surface area (Å²) in [7, 11) is 0. The Morgan fingerprint density at radius 1 is 1.39 bits per heavy atom. The summed E-state index contributed by atoms with van der Waals surface area (Å²) in [5, 5.41) is 4.49. The third-order valence-corrected chi connectivity index (χ3v) is 2.08. The Hall–Kier alpha value is -2.11. The standard InChI is InChI=1S/C12H15FN2O3/c1-3-14-12(17)15-11(16)8(2)18-10-7-5-4-6-9(10)13/h4-8H,3H2,1-2H3,(H2,14,15,16,17)/t8-/m0/s1. The highest BCUT2D eigenvalue weighted by molar-refractivity contribution is 5.96. The van der Waals surface area contributed by atoms with Gasteiger partial charge in [0.05, 0.1) is 0 Å². The van der Waals surface area contributed by atoms with Gasteiger partial charge in [0.15, 0.2) is 17.7 Å². The van der Waals surface area contributed by atoms with E-state index in [0.29, 0.717) is 6.54 Å². The van der Waals surface area contributed by atoms with E-state index in [1.54, 1.807) is 13.0 Å². The highest BCUT2D eigenvalue weighted by Gasteiger charge is 2.18. The second kappa shape index (κ2) is 6.58. The predicted molar refractivity (Wildman–Crippen MR) is 63.7 cm³/mol. The fourth-order valence-electron chi connectivity index (χ4n) is 1.20. The van der Waals surface area contributed by atoms with E-state index in [4.69, 9.17) is 4.74 Å². The molecule has 0 saturated heterocycles. The first kappa shape index (κ1) is 14.0. The van der Waals surface area contributed by atoms with Crippen LogP contribution in [0.5, 0.6) is 5.75 Å². The molecule has 0 aromatic heterocycles. The van der Waals surface area contributed by atoms with Crippen molar-refractivity contribution in [3.8, 4) is 5.75 Å². The third-order valence-electron chi connectivity index (χ3n) is 2.08. The highest BCUT2D eigenvalue weighted by Crippen LogP contribution is 2.16. The van der Waals surface area contributed by atoms with Crippen LogP contribution in [0.2, 0.25) is 0 Å². The number of ether oxygens (including phenoxy) is 1. The molecule has 3 amide bonds. The molecule has 0 saturated carbocycles. The average Bonchev–Trinajstić information content (AvgIpc) is 2.32. The van der Waals surface area contributed by atoms with Gasteiger partial charge >= 0.3 is 6.03 Å². The first-order valence-electron chi connectivity index (χ1n) is 5.54. The monoisotopic (exact) mass is 254 g/mol. The number of nitrogens with one attached hydrogen (secondary N) is 2. The van der Waals surface area contributed by atoms with Crippen LogP contribution in [0.4, 0.5) is 9.18 Å². The molecule has 5 nitrogen and oxygen atoms in total. The van der Waals surface area contributed by atoms with Crippen molar-refractivity contribution in [3.63, 3.8) is 0 Å². The van der Waals surface area contributed by atoms with Crippen LogP contribution in [-0.4, -0.2) is 24.6 Å². The summed E-state index contributed by atoms with van der Waals surface area (Å²) in [6.45, 7) is 3.56. The first-order chi connectivity index (χ1) is 8.54. The largest absolute Gasteiger partial charge is 0.478 e. The van der Waals surface area contributed by atoms with Gasteiger partial charge in [0.2, 0.25) is 0 Å². The van der Waals surface area contributed by atoms with E-state index in [1.807, 2.05) is 0 Å². The van der Waals surface area contributed by atoms with Crippen molar-refractivity contribution in [3.05, 3.63) is 30.1 Å². The number of urea groups is 1. The lowest BCUT2D eigenvalue weighted by atomic mass is 10.3. The maximum absolute atomic E-state index is 13.3. The van der Waals surface area contributed by atoms with Crippen LogP contribution < -0.4 is 15.4 Å². The van der Waals surface area contributed by atoms with Crippen molar-refractivity contribution in [1.82, 2.24) is 10.6 Å². The summed E-state index contributed by atoms with van der Waals surface area (Å²) in [6.07, 6.45) is -0.968. The molecule has 6 heteroatoms. The summed E-state index contributed by atoms with van der Waals surface area (Å²) >= 11 is 0. The molecule has 1 aromatic rings. The van der Waals surface area contributed by atoms with Crippen LogP contribution in [0.3, 0.4) is 0 Å². The summed E-state index contributed by atoms with van der Waals surface area (Å²) in [5.74, 6) is -1.23. The van der Waals surface area contributed by atoms with Crippen molar-refractivity contribution < 1.29 is 18.7 Å². The van der Waals surface area contributed by atoms with Crippen molar-refractivity contribution in [2.45, 2.75) is 20.0 Å². The lowest BCUT2D eigenvalue weighted by Gasteiger charge is -2.14. The number of amides is 3. The van der Waals surface area contributed by atoms with Crippen LogP contribution in [0.15, 0.2) is 24.3 Å². The van der Waals surface area contributed by atoms with Crippen LogP contribution in [0, 0.1) is 5.82 Å². The normalized spacial score (nSPS) is 11.5. The zero-order valence-electron chi connectivity index (χ0n) is 10.2. The number of carbonyl (C=O) groups excluding carboxylic acids is 2. The SMILES string of the molecule is CCNC(=O)NC(=O)[C@H](C)Oc1ccccc1F. The van der Waals surface area contributed by atoms with Crippen LogP contribution in [0.1, 0.15) is 13.8 Å². The third kappa shape index (κ3) is 4.04. The molecule has 0 spiro atoms. The van der Waals surface area contributed by atoms with E-state index >= 15 is 0 Å². The van der Waals surface area contributed by atoms with Gasteiger partial charge in [-0.15, -0.1) is 0 Å². The maximum Gasteiger partial charge on any atom is 0.321 e. The number of carbonyl (C=O) groups is 2. The summed E-state index contributed by atoms with van der Waals surface area (Å²) < 4.78 is 18.4. The topological polar surface area (TPSA) is 67.4 Å². The molecule has 1 atom stereocenters. The minimum absolute atomic E-state index is 0.0314. The molecule has 18 heavy (non-hydrogen) atoms. The van der Waals surface area contributed by atoms with E-state index < -0.39 is 23.9 Å². The number of rotatable bonds is 4. The van der Waals surface area contributed by atoms with Gasteiger partial charge in [0, 0.05) is 6.54 Å². The summed E-state index contributed by atoms with van der Waals surface area (Å²) in [6, 6.07) is 5.13. The molecule has 0 heterocycles. The number of para-hydroxylation sites is 1. The fraction of sp³-hybridized carbons (Fsp3) is 0.333. The van der Waals surface area contributed by atoms with E-state index in [1.165, 1.54) is 25.1 Å². The number of hydrogen-bond donors (Lipinski definition) is 2. The second-order valence-corrected chi connectivity index (χ2v) is 3.54. The number of imide groups is 1. The van der Waals surface area contributed by atoms with Crippen LogP contribution in [0.25, 0.3) is 0 Å². The van der Waals surface area contributed by atoms with Crippen molar-refractivity contribution in [2.24, 2.45) is 0 Å². The molecule has 98 valence electrons. The van der Waals surface area contributed by atoms with Gasteiger partial charge in [-0.25, -0.2) is 9.18 Å². The zero-order chi connectivity index (χ0) is 13.5. The predicted octanol–water partition coefficient (Wildman–Crippen LogP) is 1.44. The molecule has 1 rings (SSSR count). The Morgan fingerprint density at radius 3 is 2.67 bits per heavy atom. The molecule has 0 aliphatic carbocycles. The molecule has 0 aliphatic heterocycles. The Kier molecular flexibility index (Phi) is 5.10. The van der Waals surface area contributed by atoms with Gasteiger partial charge in [-0.3, -0.25) is 10.1 Å². The molecule has 0 bridgehead atoms. The Morgan fingerprint density at radius 2 is 2.06 bits per heavy atom. The first-order valence-corrected chi connectivity index (χ1v) is 5.54. The van der Waals surface area contributed by atoms with Crippen molar-refractivity contribution >= 4 is 11.9 Å². The van der Waals surface area contributed by atoms with Gasteiger partial charge in [-0.1, -0.05) is 12.1 Å². The summed E-state index contributed by atoms with van der Waals surface area (Å²) in [5.41, 5.74) is 0. The molecular weight excluding hydrogens is 239 g/mol. The lowest BCUT2D eigenvalue weighted by molar-refractivity contribution is -0.126. The molecule has 0 radical (unpaired) electrons. The average molecular weight is 254 g/mol. The van der Waals surface area contributed by atoms with Gasteiger partial charge in [-0.2, -0.15) is 0 Å². The molecular formula is C12H15FN2O3. The minimum Gasteiger partial charge on any atom is -0.478 e. The number of halogens is 1. The van der Waals surface area contributed by atoms with E-state index in [-0.39, 0.29) is 5.75 Å². The maximum atomic E-state index is 13.3. The fourth-order valence-corrected chi connectivity index (χ4v) is 1.20. The Balaban J connectivity index is 2.55. The van der Waals surface area contributed by atoms with Crippen molar-refractivity contribution in [1.29, 1.82) is 0 Å². The van der Waals surface area contributed by atoms with Crippen LogP contribution >= 0.6 is 0 Å². The number of hydrogen-bond acceptors (Lipinski definition) is 3. The van der Waals surface area contributed by atoms with E-state index in [2.05, 4.69) is 10.6 Å². The van der Waals surface area contributed by atoms with E-state index in [0.717, 1.165) is 0 Å². The Labute approximate surface area is 104 Å². The number of benzene rings is 1. The highest BCUT2D eigenvalue weighted by atomic mass is 19.1. The minimum atomic E-state index is -0.968. The molecule has 0 fully saturated rings. The smallest absolute Gasteiger partial charge is 0.321 e. The quantitative estimate of drug-likeness (QED) is 0.854.